The Labute approximate surface area is 678 Å². The van der Waals surface area contributed by atoms with Gasteiger partial charge in [0.1, 0.15) is 44.7 Å². The maximum atomic E-state index is 7.09. The molecule has 4 heterocycles. The molecule has 0 amide bonds. The molecule has 6 nitrogen and oxygen atoms in total. The lowest BCUT2D eigenvalue weighted by Gasteiger charge is -2.28. The minimum atomic E-state index is 0.822. The standard InChI is InChI=1S/C112H68N2O4/c1-4-24-83-70(19-1)22-13-30-85(83)73-45-57-80(58-46-73)113(100-37-10-7-27-91(100)94-34-17-41-104-108(94)98-65-51-72-21-3-6-26-88(72)111(98)116-104)79-55-43-69(44-56-79)76-52-64-93-96-36-15-33-89(110(96)118-106(93)68-76)77-53-63-90-78(67-77)54-66-99-109-95(35-18-42-105(109)117-112(90)99)92-28-8-11-38-101(92)114(81-59-47-74(48-60-81)86-31-14-23-71-20-2-5-25-84(71)86)82-61-49-75(50-62-82)87-32-16-40-103-107(87)97-29-9-12-39-102(97)115-103/h1-68H. The van der Waals surface area contributed by atoms with Gasteiger partial charge in [-0.3, -0.25) is 0 Å². The van der Waals surface area contributed by atoms with Crippen LogP contribution in [0, 0.1) is 0 Å². The van der Waals surface area contributed by atoms with Gasteiger partial charge in [0, 0.05) is 93.3 Å². The van der Waals surface area contributed by atoms with Crippen molar-refractivity contribution in [3.8, 4) is 77.9 Å². The zero-order chi connectivity index (χ0) is 77.5. The first-order valence-electron chi connectivity index (χ1n) is 40.2. The Morgan fingerprint density at radius 3 is 1.08 bits per heavy atom. The number of furan rings is 4. The van der Waals surface area contributed by atoms with Crippen LogP contribution in [0.4, 0.5) is 34.1 Å². The molecular weight excluding hydrogens is 1440 g/mol. The Bertz CT molecular complexity index is 8170. The van der Waals surface area contributed by atoms with Gasteiger partial charge in [0.05, 0.1) is 11.4 Å². The largest absolute Gasteiger partial charge is 0.456 e. The van der Waals surface area contributed by atoms with Gasteiger partial charge in [-0.25, -0.2) is 0 Å². The fourth-order valence-electron chi connectivity index (χ4n) is 18.8. The van der Waals surface area contributed by atoms with Crippen LogP contribution in [0.2, 0.25) is 0 Å². The highest BCUT2D eigenvalue weighted by Crippen LogP contribution is 2.51. The molecule has 0 saturated carbocycles. The molecule has 0 unspecified atom stereocenters. The minimum Gasteiger partial charge on any atom is -0.456 e. The van der Waals surface area contributed by atoms with E-state index in [9.17, 15) is 0 Å². The summed E-state index contributed by atoms with van der Waals surface area (Å²) in [7, 11) is 0. The van der Waals surface area contributed by atoms with Crippen molar-refractivity contribution in [3.63, 3.8) is 0 Å². The van der Waals surface area contributed by atoms with Gasteiger partial charge in [-0.05, 0) is 215 Å². The normalized spacial score (nSPS) is 11.9. The van der Waals surface area contributed by atoms with Crippen LogP contribution in [0.1, 0.15) is 0 Å². The van der Waals surface area contributed by atoms with Gasteiger partial charge in [-0.15, -0.1) is 0 Å². The molecule has 0 atom stereocenters. The van der Waals surface area contributed by atoms with Gasteiger partial charge in [-0.1, -0.05) is 291 Å². The smallest absolute Gasteiger partial charge is 0.143 e. The fraction of sp³-hybridized carbons (Fsp3) is 0. The van der Waals surface area contributed by atoms with Crippen molar-refractivity contribution in [1.29, 1.82) is 0 Å². The number of para-hydroxylation sites is 4. The fourth-order valence-corrected chi connectivity index (χ4v) is 18.8. The number of hydrogen-bond donors (Lipinski definition) is 0. The molecule has 4 aromatic heterocycles. The summed E-state index contributed by atoms with van der Waals surface area (Å²) in [4.78, 5) is 4.79. The monoisotopic (exact) mass is 1500 g/mol. The van der Waals surface area contributed by atoms with E-state index in [2.05, 4.69) is 410 Å². The second-order valence-corrected chi connectivity index (χ2v) is 30.8. The van der Waals surface area contributed by atoms with Crippen LogP contribution in [-0.2, 0) is 0 Å². The van der Waals surface area contributed by atoms with E-state index in [0.717, 1.165) is 210 Å². The van der Waals surface area contributed by atoms with Crippen molar-refractivity contribution >= 4 is 165 Å². The number of fused-ring (bicyclic) bond motifs is 18. The topological polar surface area (TPSA) is 59.0 Å². The summed E-state index contributed by atoms with van der Waals surface area (Å²) in [5, 5.41) is 17.9. The number of hydrogen-bond acceptors (Lipinski definition) is 6. The average Bonchev–Trinajstić information content (AvgIpc) is 1.59. The third-order valence-corrected chi connectivity index (χ3v) is 24.3. The van der Waals surface area contributed by atoms with Crippen LogP contribution >= 0.6 is 0 Å². The molecule has 0 N–H and O–H groups in total. The number of nitrogens with zero attached hydrogens (tertiary/aromatic N) is 2. The van der Waals surface area contributed by atoms with E-state index in [0.29, 0.717) is 0 Å². The summed E-state index contributed by atoms with van der Waals surface area (Å²) >= 11 is 0. The van der Waals surface area contributed by atoms with E-state index >= 15 is 0 Å². The Morgan fingerprint density at radius 2 is 0.500 bits per heavy atom. The van der Waals surface area contributed by atoms with E-state index in [1.807, 2.05) is 12.1 Å². The number of benzene rings is 20. The second kappa shape index (κ2) is 27.0. The summed E-state index contributed by atoms with van der Waals surface area (Å²) in [6, 6.07) is 149. The molecule has 0 saturated heterocycles. The Morgan fingerprint density at radius 1 is 0.153 bits per heavy atom. The number of rotatable bonds is 13. The molecule has 118 heavy (non-hydrogen) atoms. The van der Waals surface area contributed by atoms with Crippen LogP contribution in [0.25, 0.3) is 209 Å². The molecule has 0 aliphatic heterocycles. The van der Waals surface area contributed by atoms with Gasteiger partial charge >= 0.3 is 0 Å². The van der Waals surface area contributed by atoms with Crippen LogP contribution in [0.15, 0.2) is 430 Å². The highest BCUT2D eigenvalue weighted by Gasteiger charge is 2.26. The van der Waals surface area contributed by atoms with Crippen molar-refractivity contribution in [2.45, 2.75) is 0 Å². The second-order valence-electron chi connectivity index (χ2n) is 30.8. The highest BCUT2D eigenvalue weighted by molar-refractivity contribution is 6.23. The molecule has 24 aromatic rings. The van der Waals surface area contributed by atoms with Gasteiger partial charge in [0.25, 0.3) is 0 Å². The molecule has 0 aliphatic carbocycles. The first kappa shape index (κ1) is 66.8. The van der Waals surface area contributed by atoms with Crippen molar-refractivity contribution in [3.05, 3.63) is 413 Å². The van der Waals surface area contributed by atoms with E-state index in [1.165, 1.54) is 32.7 Å². The SMILES string of the molecule is c1ccc(N(c2ccc(-c3ccc4c(c3)oc3c(-c5ccc6c(ccc7c6oc6cccc(-c8ccccc8N(c8ccc(-c9cccc%10ccccc9%10)cc8)c8ccc(-c9cccc%10oc%11ccccc%11c9%10)cc8)c67)c5)cccc34)cc2)c2ccc(-c3cccc4ccccc34)cc2)c(-c2cccc3oc4c5ccccc5ccc4c23)c1. The maximum absolute atomic E-state index is 7.09. The van der Waals surface area contributed by atoms with Crippen LogP contribution in [0.3, 0.4) is 0 Å². The minimum absolute atomic E-state index is 0.822. The van der Waals surface area contributed by atoms with Gasteiger partial charge in [-0.2, -0.15) is 0 Å². The van der Waals surface area contributed by atoms with Crippen molar-refractivity contribution < 1.29 is 17.7 Å². The van der Waals surface area contributed by atoms with E-state index in [-0.39, 0.29) is 0 Å². The summed E-state index contributed by atoms with van der Waals surface area (Å²) in [6.07, 6.45) is 0. The van der Waals surface area contributed by atoms with E-state index in [4.69, 9.17) is 17.7 Å². The van der Waals surface area contributed by atoms with Crippen molar-refractivity contribution in [2.24, 2.45) is 0 Å². The quantitative estimate of drug-likeness (QED) is 0.115. The Hall–Kier alpha value is -15.8. The molecule has 20 aromatic carbocycles. The van der Waals surface area contributed by atoms with Crippen molar-refractivity contribution in [1.82, 2.24) is 0 Å². The first-order chi connectivity index (χ1) is 58.5. The third kappa shape index (κ3) is 10.8. The molecule has 550 valence electrons. The molecule has 24 rings (SSSR count). The summed E-state index contributed by atoms with van der Waals surface area (Å²) < 4.78 is 27.3. The highest BCUT2D eigenvalue weighted by atomic mass is 16.3. The van der Waals surface area contributed by atoms with Crippen LogP contribution in [-0.4, -0.2) is 0 Å². The predicted molar refractivity (Wildman–Crippen MR) is 493 cm³/mol. The molecule has 0 aliphatic rings. The molecule has 0 fully saturated rings. The summed E-state index contributed by atoms with van der Waals surface area (Å²) in [5.74, 6) is 0. The maximum Gasteiger partial charge on any atom is 0.143 e. The molecule has 0 bridgehead atoms. The van der Waals surface area contributed by atoms with Gasteiger partial charge in [0.15, 0.2) is 0 Å². The van der Waals surface area contributed by atoms with Gasteiger partial charge < -0.3 is 27.5 Å². The summed E-state index contributed by atoms with van der Waals surface area (Å²) in [5.41, 5.74) is 28.6. The Balaban J connectivity index is 0.570. The summed E-state index contributed by atoms with van der Waals surface area (Å²) in [6.45, 7) is 0. The van der Waals surface area contributed by atoms with E-state index in [1.54, 1.807) is 0 Å². The first-order valence-corrected chi connectivity index (χ1v) is 40.2. The van der Waals surface area contributed by atoms with Gasteiger partial charge in [0.2, 0.25) is 0 Å². The van der Waals surface area contributed by atoms with Crippen LogP contribution < -0.4 is 9.80 Å². The van der Waals surface area contributed by atoms with Crippen LogP contribution in [0.5, 0.6) is 0 Å². The lowest BCUT2D eigenvalue weighted by Crippen LogP contribution is -2.11. The molecule has 0 spiro atoms. The third-order valence-electron chi connectivity index (χ3n) is 24.3. The molecule has 0 radical (unpaired) electrons. The Kier molecular flexibility index (Phi) is 15.3. The van der Waals surface area contributed by atoms with Crippen molar-refractivity contribution in [2.75, 3.05) is 9.80 Å². The number of anilines is 6. The lowest BCUT2D eigenvalue weighted by molar-refractivity contribution is 0.669. The molecular formula is C112H68N2O4. The van der Waals surface area contributed by atoms with E-state index < -0.39 is 0 Å². The zero-order valence-electron chi connectivity index (χ0n) is 63.8. The predicted octanol–water partition coefficient (Wildman–Crippen LogP) is 32.5. The lowest BCUT2D eigenvalue weighted by atomic mass is 9.94. The zero-order valence-corrected chi connectivity index (χ0v) is 63.8. The molecule has 6 heteroatoms. The average molecular weight is 1510 g/mol.